The van der Waals surface area contributed by atoms with Gasteiger partial charge in [-0.3, -0.25) is 4.79 Å². The van der Waals surface area contributed by atoms with Gasteiger partial charge >= 0.3 is 0 Å². The van der Waals surface area contributed by atoms with Crippen LogP contribution >= 0.6 is 11.6 Å². The smallest absolute Gasteiger partial charge is 0.244 e. The van der Waals surface area contributed by atoms with E-state index in [4.69, 9.17) is 21.1 Å². The Kier molecular flexibility index (Phi) is 7.51. The van der Waals surface area contributed by atoms with Crippen molar-refractivity contribution in [1.82, 2.24) is 15.3 Å². The SMILES string of the molecule is CCOc1c(Cl)cc(C=CC(=O)NC(Cc2ncc[nH]2)c2ccccc2)cc1OC. The van der Waals surface area contributed by atoms with Gasteiger partial charge in [-0.15, -0.1) is 0 Å². The number of methoxy groups -OCH3 is 1. The number of halogens is 1. The molecule has 3 rings (SSSR count). The molecule has 0 spiro atoms. The number of imidazole rings is 1. The summed E-state index contributed by atoms with van der Waals surface area (Å²) in [4.78, 5) is 20.0. The molecule has 7 heteroatoms. The van der Waals surface area contributed by atoms with Crippen molar-refractivity contribution in [3.05, 3.63) is 82.9 Å². The Morgan fingerprint density at radius 2 is 2.10 bits per heavy atom. The van der Waals surface area contributed by atoms with E-state index in [1.807, 2.05) is 37.3 Å². The van der Waals surface area contributed by atoms with Gasteiger partial charge in [0.2, 0.25) is 5.91 Å². The molecule has 0 aliphatic rings. The van der Waals surface area contributed by atoms with E-state index in [0.29, 0.717) is 29.5 Å². The van der Waals surface area contributed by atoms with Crippen molar-refractivity contribution in [3.8, 4) is 11.5 Å². The summed E-state index contributed by atoms with van der Waals surface area (Å²) >= 11 is 6.30. The fraction of sp³-hybridized carbons (Fsp3) is 0.217. The number of H-pyrrole nitrogens is 1. The Hall–Kier alpha value is -3.25. The van der Waals surface area contributed by atoms with Crippen LogP contribution in [-0.4, -0.2) is 29.6 Å². The van der Waals surface area contributed by atoms with Gasteiger partial charge in [0.25, 0.3) is 0 Å². The third-order valence-electron chi connectivity index (χ3n) is 4.44. The van der Waals surface area contributed by atoms with Crippen LogP contribution in [0.2, 0.25) is 5.02 Å². The summed E-state index contributed by atoms with van der Waals surface area (Å²) in [5, 5.41) is 3.47. The van der Waals surface area contributed by atoms with Crippen LogP contribution in [0, 0.1) is 0 Å². The van der Waals surface area contributed by atoms with Gasteiger partial charge < -0.3 is 19.8 Å². The molecule has 30 heavy (non-hydrogen) atoms. The van der Waals surface area contributed by atoms with E-state index < -0.39 is 0 Å². The van der Waals surface area contributed by atoms with Gasteiger partial charge in [-0.05, 0) is 36.3 Å². The fourth-order valence-corrected chi connectivity index (χ4v) is 3.33. The lowest BCUT2D eigenvalue weighted by molar-refractivity contribution is -0.117. The van der Waals surface area contributed by atoms with E-state index in [9.17, 15) is 4.79 Å². The first-order chi connectivity index (χ1) is 14.6. The molecule has 6 nitrogen and oxygen atoms in total. The first kappa shape index (κ1) is 21.5. The number of ether oxygens (including phenoxy) is 2. The molecule has 3 aromatic rings. The van der Waals surface area contributed by atoms with Crippen LogP contribution in [0.4, 0.5) is 0 Å². The number of hydrogen-bond acceptors (Lipinski definition) is 4. The fourth-order valence-electron chi connectivity index (χ4n) is 3.05. The average molecular weight is 426 g/mol. The number of nitrogens with one attached hydrogen (secondary N) is 2. The second-order valence-electron chi connectivity index (χ2n) is 6.51. The summed E-state index contributed by atoms with van der Waals surface area (Å²) < 4.78 is 10.9. The minimum absolute atomic E-state index is 0.215. The zero-order valence-electron chi connectivity index (χ0n) is 16.9. The summed E-state index contributed by atoms with van der Waals surface area (Å²) in [5.74, 6) is 1.59. The van der Waals surface area contributed by atoms with Gasteiger partial charge in [-0.2, -0.15) is 0 Å². The van der Waals surface area contributed by atoms with E-state index in [0.717, 1.165) is 17.0 Å². The molecule has 0 bridgehead atoms. The van der Waals surface area contributed by atoms with Gasteiger partial charge in [-0.1, -0.05) is 41.9 Å². The maximum Gasteiger partial charge on any atom is 0.244 e. The monoisotopic (exact) mass is 425 g/mol. The quantitative estimate of drug-likeness (QED) is 0.492. The Bertz CT molecular complexity index is 988. The molecule has 2 aromatic carbocycles. The lowest BCUT2D eigenvalue weighted by Crippen LogP contribution is -2.28. The van der Waals surface area contributed by atoms with E-state index in [1.165, 1.54) is 6.08 Å². The third kappa shape index (κ3) is 5.64. The lowest BCUT2D eigenvalue weighted by atomic mass is 10.0. The minimum Gasteiger partial charge on any atom is -0.493 e. The summed E-state index contributed by atoms with van der Waals surface area (Å²) in [6, 6.07) is 13.1. The van der Waals surface area contributed by atoms with E-state index >= 15 is 0 Å². The van der Waals surface area contributed by atoms with Gasteiger partial charge in [-0.25, -0.2) is 4.98 Å². The van der Waals surface area contributed by atoms with Gasteiger partial charge in [0, 0.05) is 24.9 Å². The first-order valence-corrected chi connectivity index (χ1v) is 10.0. The number of amides is 1. The van der Waals surface area contributed by atoms with Crippen molar-refractivity contribution in [2.75, 3.05) is 13.7 Å². The van der Waals surface area contributed by atoms with Gasteiger partial charge in [0.05, 0.1) is 24.8 Å². The predicted octanol–water partition coefficient (Wildman–Crippen LogP) is 4.58. The highest BCUT2D eigenvalue weighted by atomic mass is 35.5. The van der Waals surface area contributed by atoms with E-state index in [2.05, 4.69) is 15.3 Å². The lowest BCUT2D eigenvalue weighted by Gasteiger charge is -2.17. The Balaban J connectivity index is 1.75. The number of carbonyl (C=O) groups excluding carboxylic acids is 1. The molecule has 0 radical (unpaired) electrons. The van der Waals surface area contributed by atoms with E-state index in [1.54, 1.807) is 37.7 Å². The molecular weight excluding hydrogens is 402 g/mol. The van der Waals surface area contributed by atoms with Crippen molar-refractivity contribution in [1.29, 1.82) is 0 Å². The second-order valence-corrected chi connectivity index (χ2v) is 6.92. The molecule has 0 aliphatic heterocycles. The Labute approximate surface area is 180 Å². The number of hydrogen-bond donors (Lipinski definition) is 2. The normalized spacial score (nSPS) is 12.0. The van der Waals surface area contributed by atoms with E-state index in [-0.39, 0.29) is 11.9 Å². The van der Waals surface area contributed by atoms with Crippen molar-refractivity contribution in [3.63, 3.8) is 0 Å². The van der Waals surface area contributed by atoms with Gasteiger partial charge in [0.1, 0.15) is 5.82 Å². The molecule has 0 saturated carbocycles. The maximum absolute atomic E-state index is 12.6. The molecule has 0 fully saturated rings. The molecule has 1 heterocycles. The Morgan fingerprint density at radius 1 is 1.30 bits per heavy atom. The maximum atomic E-state index is 12.6. The topological polar surface area (TPSA) is 76.2 Å². The first-order valence-electron chi connectivity index (χ1n) is 9.62. The second kappa shape index (κ2) is 10.5. The van der Waals surface area contributed by atoms with Crippen LogP contribution in [0.25, 0.3) is 6.08 Å². The molecule has 1 amide bonds. The summed E-state index contributed by atoms with van der Waals surface area (Å²) in [7, 11) is 1.55. The summed E-state index contributed by atoms with van der Waals surface area (Å²) in [6.45, 7) is 2.35. The van der Waals surface area contributed by atoms with Crippen molar-refractivity contribution >= 4 is 23.6 Å². The van der Waals surface area contributed by atoms with Crippen LogP contribution in [0.5, 0.6) is 11.5 Å². The molecule has 2 N–H and O–H groups in total. The molecule has 1 aromatic heterocycles. The summed E-state index contributed by atoms with van der Waals surface area (Å²) in [5.41, 5.74) is 1.74. The van der Waals surface area contributed by atoms with Crippen LogP contribution in [0.1, 0.15) is 29.9 Å². The summed E-state index contributed by atoms with van der Waals surface area (Å²) in [6.07, 6.45) is 7.18. The predicted molar refractivity (Wildman–Crippen MR) is 118 cm³/mol. The number of carbonyl (C=O) groups is 1. The number of rotatable bonds is 9. The van der Waals surface area contributed by atoms with Crippen LogP contribution in [-0.2, 0) is 11.2 Å². The Morgan fingerprint density at radius 3 is 2.77 bits per heavy atom. The molecule has 0 saturated heterocycles. The number of nitrogens with zero attached hydrogens (tertiary/aromatic N) is 1. The molecule has 1 unspecified atom stereocenters. The highest BCUT2D eigenvalue weighted by Gasteiger charge is 2.15. The number of benzene rings is 2. The van der Waals surface area contributed by atoms with Crippen molar-refractivity contribution in [2.24, 2.45) is 0 Å². The largest absolute Gasteiger partial charge is 0.493 e. The van der Waals surface area contributed by atoms with Crippen LogP contribution < -0.4 is 14.8 Å². The zero-order valence-corrected chi connectivity index (χ0v) is 17.6. The van der Waals surface area contributed by atoms with Crippen molar-refractivity contribution in [2.45, 2.75) is 19.4 Å². The number of aromatic amines is 1. The van der Waals surface area contributed by atoms with Crippen LogP contribution in [0.15, 0.2) is 60.9 Å². The highest BCUT2D eigenvalue weighted by molar-refractivity contribution is 6.32. The van der Waals surface area contributed by atoms with Crippen molar-refractivity contribution < 1.29 is 14.3 Å². The molecular formula is C23H24ClN3O3. The number of aromatic nitrogens is 2. The average Bonchev–Trinajstić information content (AvgIpc) is 3.27. The zero-order chi connectivity index (χ0) is 21.3. The molecule has 156 valence electrons. The minimum atomic E-state index is -0.223. The molecule has 0 aliphatic carbocycles. The van der Waals surface area contributed by atoms with Crippen LogP contribution in [0.3, 0.4) is 0 Å². The standard InChI is InChI=1S/C23H24ClN3O3/c1-3-30-23-18(24)13-16(14-20(23)29-2)9-10-22(28)27-19(15-21-25-11-12-26-21)17-7-5-4-6-8-17/h4-14,19H,3,15H2,1-2H3,(H,25,26)(H,27,28). The van der Waals surface area contributed by atoms with Gasteiger partial charge in [0.15, 0.2) is 11.5 Å². The highest BCUT2D eigenvalue weighted by Crippen LogP contribution is 2.36. The molecule has 1 atom stereocenters. The third-order valence-corrected chi connectivity index (χ3v) is 4.72.